The van der Waals surface area contributed by atoms with Gasteiger partial charge in [0.15, 0.2) is 6.61 Å². The number of ether oxygens (including phenoxy) is 1. The van der Waals surface area contributed by atoms with E-state index in [-0.39, 0.29) is 12.5 Å². The SMILES string of the molecule is O=C(COc1ccccc1)Nc1cc(-c2cccc(Cl)c2)nn1-c1ccccc1. The van der Waals surface area contributed by atoms with Crippen molar-refractivity contribution in [3.8, 4) is 22.7 Å². The van der Waals surface area contributed by atoms with Gasteiger partial charge >= 0.3 is 0 Å². The van der Waals surface area contributed by atoms with E-state index in [0.717, 1.165) is 11.3 Å². The molecule has 1 amide bonds. The van der Waals surface area contributed by atoms with Crippen LogP contribution in [0.3, 0.4) is 0 Å². The molecule has 0 saturated heterocycles. The number of nitrogens with one attached hydrogen (secondary N) is 1. The lowest BCUT2D eigenvalue weighted by Gasteiger charge is -2.09. The minimum absolute atomic E-state index is 0.101. The van der Waals surface area contributed by atoms with Crippen molar-refractivity contribution < 1.29 is 9.53 Å². The van der Waals surface area contributed by atoms with Crippen LogP contribution in [0.15, 0.2) is 91.0 Å². The Kier molecular flexibility index (Phi) is 5.59. The summed E-state index contributed by atoms with van der Waals surface area (Å²) in [6.07, 6.45) is 0. The van der Waals surface area contributed by atoms with E-state index in [4.69, 9.17) is 16.3 Å². The fraction of sp³-hybridized carbons (Fsp3) is 0.0435. The van der Waals surface area contributed by atoms with Crippen LogP contribution in [-0.2, 0) is 4.79 Å². The number of benzene rings is 3. The van der Waals surface area contributed by atoms with Gasteiger partial charge in [-0.3, -0.25) is 4.79 Å². The maximum atomic E-state index is 12.5. The lowest BCUT2D eigenvalue weighted by molar-refractivity contribution is -0.118. The molecule has 29 heavy (non-hydrogen) atoms. The van der Waals surface area contributed by atoms with E-state index < -0.39 is 0 Å². The third kappa shape index (κ3) is 4.65. The molecule has 0 aliphatic carbocycles. The highest BCUT2D eigenvalue weighted by atomic mass is 35.5. The molecule has 4 aromatic rings. The van der Waals surface area contributed by atoms with Crippen molar-refractivity contribution >= 4 is 23.3 Å². The smallest absolute Gasteiger partial charge is 0.263 e. The van der Waals surface area contributed by atoms with E-state index in [1.165, 1.54) is 0 Å². The highest BCUT2D eigenvalue weighted by Gasteiger charge is 2.14. The van der Waals surface area contributed by atoms with Crippen LogP contribution in [0.25, 0.3) is 16.9 Å². The van der Waals surface area contributed by atoms with Crippen LogP contribution in [0.4, 0.5) is 5.82 Å². The Balaban J connectivity index is 1.60. The van der Waals surface area contributed by atoms with Gasteiger partial charge in [-0.1, -0.05) is 60.1 Å². The zero-order valence-corrected chi connectivity index (χ0v) is 16.2. The Morgan fingerprint density at radius 3 is 2.38 bits per heavy atom. The maximum Gasteiger partial charge on any atom is 0.263 e. The summed E-state index contributed by atoms with van der Waals surface area (Å²) in [6, 6.07) is 28.1. The number of carbonyl (C=O) groups excluding carboxylic acids is 1. The molecular weight excluding hydrogens is 386 g/mol. The molecule has 0 bridgehead atoms. The number of hydrogen-bond donors (Lipinski definition) is 1. The number of aromatic nitrogens is 2. The summed E-state index contributed by atoms with van der Waals surface area (Å²) in [7, 11) is 0. The molecule has 1 heterocycles. The second kappa shape index (κ2) is 8.63. The Morgan fingerprint density at radius 2 is 1.66 bits per heavy atom. The summed E-state index contributed by atoms with van der Waals surface area (Å²) >= 11 is 6.12. The zero-order valence-electron chi connectivity index (χ0n) is 15.5. The van der Waals surface area contributed by atoms with Crippen molar-refractivity contribution in [2.75, 3.05) is 11.9 Å². The normalized spacial score (nSPS) is 10.5. The topological polar surface area (TPSA) is 56.1 Å². The average Bonchev–Trinajstić information content (AvgIpc) is 3.17. The van der Waals surface area contributed by atoms with Gasteiger partial charge in [0.2, 0.25) is 0 Å². The Labute approximate surface area is 173 Å². The van der Waals surface area contributed by atoms with Crippen molar-refractivity contribution in [3.63, 3.8) is 0 Å². The molecule has 0 radical (unpaired) electrons. The number of hydrogen-bond acceptors (Lipinski definition) is 3. The van der Waals surface area contributed by atoms with Crippen LogP contribution in [0, 0.1) is 0 Å². The Hall–Kier alpha value is -3.57. The van der Waals surface area contributed by atoms with Crippen molar-refractivity contribution in [1.29, 1.82) is 0 Å². The Morgan fingerprint density at radius 1 is 0.931 bits per heavy atom. The highest BCUT2D eigenvalue weighted by Crippen LogP contribution is 2.26. The third-order valence-electron chi connectivity index (χ3n) is 4.21. The van der Waals surface area contributed by atoms with Gasteiger partial charge in [0.1, 0.15) is 11.6 Å². The lowest BCUT2D eigenvalue weighted by Crippen LogP contribution is -2.21. The molecule has 0 atom stereocenters. The minimum atomic E-state index is -0.274. The molecular formula is C23H18ClN3O2. The standard InChI is InChI=1S/C23H18ClN3O2/c24-18-9-7-8-17(14-18)21-15-22(27(26-21)19-10-3-1-4-11-19)25-23(28)16-29-20-12-5-2-6-13-20/h1-15H,16H2,(H,25,28). The molecule has 5 nitrogen and oxygen atoms in total. The second-order valence-electron chi connectivity index (χ2n) is 6.32. The molecule has 1 N–H and O–H groups in total. The summed E-state index contributed by atoms with van der Waals surface area (Å²) in [4.78, 5) is 12.5. The van der Waals surface area contributed by atoms with Gasteiger partial charge in [0.05, 0.1) is 11.4 Å². The molecule has 0 fully saturated rings. The number of rotatable bonds is 6. The first kappa shape index (κ1) is 18.8. The third-order valence-corrected chi connectivity index (χ3v) is 4.45. The molecule has 144 valence electrons. The lowest BCUT2D eigenvalue weighted by atomic mass is 10.1. The van der Waals surface area contributed by atoms with Gasteiger partial charge in [0, 0.05) is 16.7 Å². The quantitative estimate of drug-likeness (QED) is 0.480. The zero-order chi connectivity index (χ0) is 20.1. The van der Waals surface area contributed by atoms with E-state index in [1.807, 2.05) is 78.9 Å². The second-order valence-corrected chi connectivity index (χ2v) is 6.76. The molecule has 6 heteroatoms. The molecule has 0 spiro atoms. The molecule has 0 aliphatic rings. The summed E-state index contributed by atoms with van der Waals surface area (Å²) in [6.45, 7) is -0.101. The van der Waals surface area contributed by atoms with Crippen molar-refractivity contribution in [2.45, 2.75) is 0 Å². The number of nitrogens with zero attached hydrogens (tertiary/aromatic N) is 2. The summed E-state index contributed by atoms with van der Waals surface area (Å²) < 4.78 is 7.22. The fourth-order valence-corrected chi connectivity index (χ4v) is 3.06. The molecule has 4 rings (SSSR count). The van der Waals surface area contributed by atoms with Crippen LogP contribution in [-0.4, -0.2) is 22.3 Å². The molecule has 1 aromatic heterocycles. The van der Waals surface area contributed by atoms with Crippen LogP contribution in [0.5, 0.6) is 5.75 Å². The fourth-order valence-electron chi connectivity index (χ4n) is 2.87. The summed E-state index contributed by atoms with van der Waals surface area (Å²) in [5.41, 5.74) is 2.40. The first-order valence-corrected chi connectivity index (χ1v) is 9.46. The number of amides is 1. The van der Waals surface area contributed by atoms with Gasteiger partial charge in [-0.25, -0.2) is 4.68 Å². The first-order chi connectivity index (χ1) is 14.2. The van der Waals surface area contributed by atoms with E-state index >= 15 is 0 Å². The van der Waals surface area contributed by atoms with Gasteiger partial charge in [-0.05, 0) is 36.4 Å². The number of halogens is 1. The predicted octanol–water partition coefficient (Wildman–Crippen LogP) is 5.21. The van der Waals surface area contributed by atoms with E-state index in [9.17, 15) is 4.79 Å². The van der Waals surface area contributed by atoms with Crippen molar-refractivity contribution in [3.05, 3.63) is 96.0 Å². The van der Waals surface area contributed by atoms with Crippen LogP contribution in [0.1, 0.15) is 0 Å². The number of carbonyl (C=O) groups is 1. The van der Waals surface area contributed by atoms with E-state index in [0.29, 0.717) is 22.3 Å². The van der Waals surface area contributed by atoms with Gasteiger partial charge < -0.3 is 10.1 Å². The van der Waals surface area contributed by atoms with E-state index in [1.54, 1.807) is 16.8 Å². The van der Waals surface area contributed by atoms with Gasteiger partial charge in [-0.2, -0.15) is 5.10 Å². The molecule has 0 aliphatic heterocycles. The minimum Gasteiger partial charge on any atom is -0.484 e. The van der Waals surface area contributed by atoms with Crippen molar-refractivity contribution in [2.24, 2.45) is 0 Å². The van der Waals surface area contributed by atoms with E-state index in [2.05, 4.69) is 10.4 Å². The van der Waals surface area contributed by atoms with Crippen LogP contribution >= 0.6 is 11.6 Å². The summed E-state index contributed by atoms with van der Waals surface area (Å²) in [5, 5.41) is 8.18. The largest absolute Gasteiger partial charge is 0.484 e. The number of anilines is 1. The van der Waals surface area contributed by atoms with Crippen LogP contribution < -0.4 is 10.1 Å². The molecule has 3 aromatic carbocycles. The monoisotopic (exact) mass is 403 g/mol. The average molecular weight is 404 g/mol. The van der Waals surface area contributed by atoms with Gasteiger partial charge in [0.25, 0.3) is 5.91 Å². The van der Waals surface area contributed by atoms with Gasteiger partial charge in [-0.15, -0.1) is 0 Å². The maximum absolute atomic E-state index is 12.5. The first-order valence-electron chi connectivity index (χ1n) is 9.08. The van der Waals surface area contributed by atoms with Crippen molar-refractivity contribution in [1.82, 2.24) is 9.78 Å². The summed E-state index contributed by atoms with van der Waals surface area (Å²) in [5.74, 6) is 0.912. The molecule has 0 saturated carbocycles. The Bertz CT molecular complexity index is 1110. The number of para-hydroxylation sites is 2. The van der Waals surface area contributed by atoms with Crippen LogP contribution in [0.2, 0.25) is 5.02 Å². The molecule has 0 unspecified atom stereocenters. The predicted molar refractivity (Wildman–Crippen MR) is 115 cm³/mol. The highest BCUT2D eigenvalue weighted by molar-refractivity contribution is 6.30.